The summed E-state index contributed by atoms with van der Waals surface area (Å²) in [7, 11) is 0. The van der Waals surface area contributed by atoms with E-state index in [0.29, 0.717) is 5.15 Å². The average molecular weight is 239 g/mol. The number of aryl methyl sites for hydroxylation is 1. The maximum Gasteiger partial charge on any atom is 0.151 e. The third-order valence-corrected chi connectivity index (χ3v) is 2.53. The smallest absolute Gasteiger partial charge is 0.149 e. The zero-order valence-corrected chi connectivity index (χ0v) is 9.55. The van der Waals surface area contributed by atoms with Crippen LogP contribution in [0.25, 0.3) is 11.3 Å². The summed E-state index contributed by atoms with van der Waals surface area (Å²) >= 11 is 11.5. The minimum absolute atomic E-state index is 0.394. The highest BCUT2D eigenvalue weighted by Crippen LogP contribution is 2.24. The lowest BCUT2D eigenvalue weighted by atomic mass is 10.1. The molecule has 0 saturated heterocycles. The van der Waals surface area contributed by atoms with Gasteiger partial charge in [-0.25, -0.2) is 0 Å². The molecule has 0 N–H and O–H groups in total. The molecule has 0 radical (unpaired) electrons. The number of hydrogen-bond donors (Lipinski definition) is 0. The predicted octanol–water partition coefficient (Wildman–Crippen LogP) is 3.76. The van der Waals surface area contributed by atoms with Crippen LogP contribution in [0.2, 0.25) is 10.2 Å². The third kappa shape index (κ3) is 2.28. The Balaban J connectivity index is 2.49. The van der Waals surface area contributed by atoms with Crippen LogP contribution in [0.5, 0.6) is 0 Å². The molecule has 2 rings (SSSR count). The van der Waals surface area contributed by atoms with Crippen molar-refractivity contribution >= 4 is 23.2 Å². The van der Waals surface area contributed by atoms with Gasteiger partial charge in [0, 0.05) is 10.6 Å². The second kappa shape index (κ2) is 4.17. The molecule has 0 saturated carbocycles. The van der Waals surface area contributed by atoms with Gasteiger partial charge in [-0.15, -0.1) is 10.2 Å². The maximum atomic E-state index is 5.87. The van der Waals surface area contributed by atoms with Crippen molar-refractivity contribution in [2.24, 2.45) is 0 Å². The fourth-order valence-corrected chi connectivity index (χ4v) is 1.70. The summed E-state index contributed by atoms with van der Waals surface area (Å²) in [5.74, 6) is 0. The quantitative estimate of drug-likeness (QED) is 0.757. The van der Waals surface area contributed by atoms with Gasteiger partial charge in [-0.1, -0.05) is 29.3 Å². The molecule has 0 spiro atoms. The van der Waals surface area contributed by atoms with Crippen molar-refractivity contribution in [1.29, 1.82) is 0 Å². The van der Waals surface area contributed by atoms with E-state index in [1.54, 1.807) is 6.07 Å². The summed E-state index contributed by atoms with van der Waals surface area (Å²) in [4.78, 5) is 0. The van der Waals surface area contributed by atoms with Crippen molar-refractivity contribution in [3.05, 3.63) is 46.1 Å². The Hall–Kier alpha value is -1.12. The molecule has 76 valence electrons. The lowest BCUT2D eigenvalue weighted by Crippen LogP contribution is -1.89. The normalized spacial score (nSPS) is 10.3. The highest BCUT2D eigenvalue weighted by atomic mass is 35.5. The van der Waals surface area contributed by atoms with Crippen molar-refractivity contribution in [3.63, 3.8) is 0 Å². The van der Waals surface area contributed by atoms with Gasteiger partial charge in [-0.3, -0.25) is 0 Å². The number of aromatic nitrogens is 2. The summed E-state index contributed by atoms with van der Waals surface area (Å²) in [5, 5.41) is 8.93. The highest BCUT2D eigenvalue weighted by Gasteiger charge is 2.04. The summed E-state index contributed by atoms with van der Waals surface area (Å²) in [6, 6.07) is 9.21. The Morgan fingerprint density at radius 1 is 1.00 bits per heavy atom. The zero-order chi connectivity index (χ0) is 10.8. The van der Waals surface area contributed by atoms with Gasteiger partial charge in [0.15, 0.2) is 5.15 Å². The molecular weight excluding hydrogens is 231 g/mol. The molecule has 0 aliphatic rings. The van der Waals surface area contributed by atoms with Crippen molar-refractivity contribution in [3.8, 4) is 11.3 Å². The standard InChI is InChI=1S/C11H8Cl2N2/c1-7-6-8(12)2-3-9(7)10-4-5-11(13)15-14-10/h2-6H,1H3. The third-order valence-electron chi connectivity index (χ3n) is 2.10. The average Bonchev–Trinajstić information content (AvgIpc) is 2.20. The van der Waals surface area contributed by atoms with Crippen LogP contribution in [0.3, 0.4) is 0 Å². The summed E-state index contributed by atoms with van der Waals surface area (Å²) in [6.45, 7) is 1.98. The summed E-state index contributed by atoms with van der Waals surface area (Å²) < 4.78 is 0. The van der Waals surface area contributed by atoms with E-state index in [9.17, 15) is 0 Å². The van der Waals surface area contributed by atoms with Crippen molar-refractivity contribution in [2.75, 3.05) is 0 Å². The van der Waals surface area contributed by atoms with Crippen LogP contribution in [-0.4, -0.2) is 10.2 Å². The van der Waals surface area contributed by atoms with E-state index in [1.807, 2.05) is 31.2 Å². The van der Waals surface area contributed by atoms with Gasteiger partial charge in [0.2, 0.25) is 0 Å². The molecule has 1 heterocycles. The maximum absolute atomic E-state index is 5.87. The van der Waals surface area contributed by atoms with Crippen LogP contribution in [0.4, 0.5) is 0 Å². The Labute approximate surface area is 97.9 Å². The monoisotopic (exact) mass is 238 g/mol. The molecule has 0 atom stereocenters. The topological polar surface area (TPSA) is 25.8 Å². The Bertz CT molecular complexity index is 480. The highest BCUT2D eigenvalue weighted by molar-refractivity contribution is 6.30. The number of hydrogen-bond acceptors (Lipinski definition) is 2. The van der Waals surface area contributed by atoms with Crippen molar-refractivity contribution in [2.45, 2.75) is 6.92 Å². The van der Waals surface area contributed by atoms with Crippen LogP contribution in [0.15, 0.2) is 30.3 Å². The molecule has 0 amide bonds. The van der Waals surface area contributed by atoms with Crippen molar-refractivity contribution in [1.82, 2.24) is 10.2 Å². The molecule has 1 aromatic carbocycles. The first-order chi connectivity index (χ1) is 7.16. The fourth-order valence-electron chi connectivity index (χ4n) is 1.37. The lowest BCUT2D eigenvalue weighted by molar-refractivity contribution is 1.04. The molecule has 0 aliphatic heterocycles. The molecule has 0 unspecified atom stereocenters. The van der Waals surface area contributed by atoms with Crippen LogP contribution in [0.1, 0.15) is 5.56 Å². The molecule has 15 heavy (non-hydrogen) atoms. The molecule has 2 aromatic rings. The number of halogens is 2. The van der Waals surface area contributed by atoms with Crippen LogP contribution in [-0.2, 0) is 0 Å². The fraction of sp³-hybridized carbons (Fsp3) is 0.0909. The minimum Gasteiger partial charge on any atom is -0.149 e. The lowest BCUT2D eigenvalue weighted by Gasteiger charge is -2.04. The predicted molar refractivity (Wildman–Crippen MR) is 62.2 cm³/mol. The second-order valence-corrected chi connectivity index (χ2v) is 4.02. The molecule has 0 fully saturated rings. The number of nitrogens with zero attached hydrogens (tertiary/aromatic N) is 2. The Morgan fingerprint density at radius 3 is 2.40 bits per heavy atom. The van der Waals surface area contributed by atoms with Gasteiger partial charge in [-0.2, -0.15) is 0 Å². The molecule has 4 heteroatoms. The van der Waals surface area contributed by atoms with E-state index in [2.05, 4.69) is 10.2 Å². The Morgan fingerprint density at radius 2 is 1.80 bits per heavy atom. The molecule has 0 aliphatic carbocycles. The Kier molecular flexibility index (Phi) is 2.89. The van der Waals surface area contributed by atoms with Gasteiger partial charge in [0.1, 0.15) is 0 Å². The van der Waals surface area contributed by atoms with E-state index in [0.717, 1.165) is 21.8 Å². The molecular formula is C11H8Cl2N2. The minimum atomic E-state index is 0.394. The van der Waals surface area contributed by atoms with Gasteiger partial charge in [-0.05, 0) is 36.8 Å². The van der Waals surface area contributed by atoms with E-state index >= 15 is 0 Å². The first kappa shape index (κ1) is 10.4. The molecule has 1 aromatic heterocycles. The van der Waals surface area contributed by atoms with Crippen LogP contribution in [0, 0.1) is 6.92 Å². The van der Waals surface area contributed by atoms with E-state index in [1.165, 1.54) is 0 Å². The zero-order valence-electron chi connectivity index (χ0n) is 8.04. The van der Waals surface area contributed by atoms with E-state index < -0.39 is 0 Å². The van der Waals surface area contributed by atoms with E-state index in [4.69, 9.17) is 23.2 Å². The van der Waals surface area contributed by atoms with Gasteiger partial charge >= 0.3 is 0 Å². The van der Waals surface area contributed by atoms with Crippen LogP contribution < -0.4 is 0 Å². The largest absolute Gasteiger partial charge is 0.151 e. The summed E-state index contributed by atoms with van der Waals surface area (Å²) in [6.07, 6.45) is 0. The van der Waals surface area contributed by atoms with Crippen molar-refractivity contribution < 1.29 is 0 Å². The second-order valence-electron chi connectivity index (χ2n) is 3.20. The number of rotatable bonds is 1. The van der Waals surface area contributed by atoms with Gasteiger partial charge in [0.25, 0.3) is 0 Å². The number of benzene rings is 1. The first-order valence-corrected chi connectivity index (χ1v) is 5.18. The van der Waals surface area contributed by atoms with E-state index in [-0.39, 0.29) is 0 Å². The summed E-state index contributed by atoms with van der Waals surface area (Å²) in [5.41, 5.74) is 2.89. The van der Waals surface area contributed by atoms with Gasteiger partial charge in [0.05, 0.1) is 5.69 Å². The SMILES string of the molecule is Cc1cc(Cl)ccc1-c1ccc(Cl)nn1. The van der Waals surface area contributed by atoms with Gasteiger partial charge < -0.3 is 0 Å². The molecule has 2 nitrogen and oxygen atoms in total. The van der Waals surface area contributed by atoms with Crippen LogP contribution >= 0.6 is 23.2 Å². The molecule has 0 bridgehead atoms. The first-order valence-electron chi connectivity index (χ1n) is 4.42.